The molecule has 0 spiro atoms. The van der Waals surface area contributed by atoms with E-state index >= 15 is 0 Å². The van der Waals surface area contributed by atoms with E-state index in [0.29, 0.717) is 29.4 Å². The molecule has 2 aromatic rings. The fraction of sp³-hybridized carbons (Fsp3) is 0.333. The van der Waals surface area contributed by atoms with E-state index in [1.807, 2.05) is 18.2 Å². The van der Waals surface area contributed by atoms with E-state index in [2.05, 4.69) is 20.4 Å². The zero-order chi connectivity index (χ0) is 21.1. The maximum absolute atomic E-state index is 12.6. The SMILES string of the molecule is C=CC(=O)OC(COCC(C)CC)COc1cccc(C(=O)c2ccccc2)c1. The molecule has 2 atom stereocenters. The highest BCUT2D eigenvalue weighted by Gasteiger charge is 2.16. The molecule has 0 saturated carbocycles. The maximum Gasteiger partial charge on any atom is 0.330 e. The van der Waals surface area contributed by atoms with Crippen molar-refractivity contribution in [3.05, 3.63) is 78.4 Å². The van der Waals surface area contributed by atoms with Crippen molar-refractivity contribution in [2.45, 2.75) is 26.4 Å². The summed E-state index contributed by atoms with van der Waals surface area (Å²) in [5.74, 6) is 0.335. The van der Waals surface area contributed by atoms with E-state index in [-0.39, 0.29) is 19.0 Å². The Morgan fingerprint density at radius 2 is 1.72 bits per heavy atom. The van der Waals surface area contributed by atoms with Crippen LogP contribution in [0.2, 0.25) is 0 Å². The Kier molecular flexibility index (Phi) is 9.12. The molecule has 5 heteroatoms. The van der Waals surface area contributed by atoms with Crippen LogP contribution in [0.4, 0.5) is 0 Å². The predicted molar refractivity (Wildman–Crippen MR) is 112 cm³/mol. The van der Waals surface area contributed by atoms with Crippen LogP contribution < -0.4 is 4.74 Å². The summed E-state index contributed by atoms with van der Waals surface area (Å²) >= 11 is 0. The smallest absolute Gasteiger partial charge is 0.330 e. The monoisotopic (exact) mass is 396 g/mol. The highest BCUT2D eigenvalue weighted by molar-refractivity contribution is 6.09. The summed E-state index contributed by atoms with van der Waals surface area (Å²) in [6.07, 6.45) is 1.55. The molecule has 2 unspecified atom stereocenters. The van der Waals surface area contributed by atoms with Crippen LogP contribution in [-0.2, 0) is 14.3 Å². The van der Waals surface area contributed by atoms with Gasteiger partial charge in [-0.2, -0.15) is 0 Å². The molecule has 0 aliphatic rings. The molecular weight excluding hydrogens is 368 g/mol. The molecule has 0 N–H and O–H groups in total. The number of carbonyl (C=O) groups excluding carboxylic acids is 2. The molecule has 0 heterocycles. The lowest BCUT2D eigenvalue weighted by molar-refractivity contribution is -0.148. The van der Waals surface area contributed by atoms with E-state index in [1.165, 1.54) is 0 Å². The molecule has 0 fully saturated rings. The van der Waals surface area contributed by atoms with Gasteiger partial charge in [-0.15, -0.1) is 0 Å². The van der Waals surface area contributed by atoms with Gasteiger partial charge in [-0.1, -0.05) is 69.3 Å². The minimum Gasteiger partial charge on any atom is -0.490 e. The van der Waals surface area contributed by atoms with Crippen LogP contribution >= 0.6 is 0 Å². The molecule has 0 aromatic heterocycles. The average molecular weight is 396 g/mol. The van der Waals surface area contributed by atoms with Gasteiger partial charge in [-0.3, -0.25) is 4.79 Å². The summed E-state index contributed by atoms with van der Waals surface area (Å²) in [6, 6.07) is 16.0. The molecular formula is C24H28O5. The number of hydrogen-bond donors (Lipinski definition) is 0. The molecule has 154 valence electrons. The van der Waals surface area contributed by atoms with Gasteiger partial charge in [0.2, 0.25) is 0 Å². The molecule has 0 aliphatic heterocycles. The number of rotatable bonds is 12. The van der Waals surface area contributed by atoms with Crippen molar-refractivity contribution in [1.82, 2.24) is 0 Å². The van der Waals surface area contributed by atoms with Crippen LogP contribution in [0.25, 0.3) is 0 Å². The molecule has 0 aliphatic carbocycles. The van der Waals surface area contributed by atoms with E-state index in [1.54, 1.807) is 36.4 Å². The van der Waals surface area contributed by atoms with E-state index in [9.17, 15) is 9.59 Å². The molecule has 2 rings (SSSR count). The van der Waals surface area contributed by atoms with Gasteiger partial charge >= 0.3 is 5.97 Å². The summed E-state index contributed by atoms with van der Waals surface area (Å²) in [7, 11) is 0. The largest absolute Gasteiger partial charge is 0.490 e. The number of benzene rings is 2. The minimum absolute atomic E-state index is 0.0810. The van der Waals surface area contributed by atoms with Gasteiger partial charge in [0.25, 0.3) is 0 Å². The normalized spacial score (nSPS) is 12.6. The molecule has 0 saturated heterocycles. The summed E-state index contributed by atoms with van der Waals surface area (Å²) in [4.78, 5) is 24.2. The topological polar surface area (TPSA) is 61.8 Å². The van der Waals surface area contributed by atoms with E-state index < -0.39 is 12.1 Å². The highest BCUT2D eigenvalue weighted by Crippen LogP contribution is 2.17. The lowest BCUT2D eigenvalue weighted by Crippen LogP contribution is -2.30. The second kappa shape index (κ2) is 11.8. The molecule has 0 amide bonds. The van der Waals surface area contributed by atoms with Gasteiger partial charge in [-0.25, -0.2) is 4.79 Å². The van der Waals surface area contributed by atoms with E-state index in [0.717, 1.165) is 12.5 Å². The van der Waals surface area contributed by atoms with Gasteiger partial charge in [0.1, 0.15) is 12.4 Å². The molecule has 0 bridgehead atoms. The van der Waals surface area contributed by atoms with Gasteiger partial charge in [-0.05, 0) is 18.1 Å². The Balaban J connectivity index is 1.99. The third-order valence-electron chi connectivity index (χ3n) is 4.42. The van der Waals surface area contributed by atoms with Gasteiger partial charge in [0, 0.05) is 23.8 Å². The second-order valence-corrected chi connectivity index (χ2v) is 6.85. The third-order valence-corrected chi connectivity index (χ3v) is 4.42. The van der Waals surface area contributed by atoms with Crippen molar-refractivity contribution in [2.75, 3.05) is 19.8 Å². The number of esters is 1. The van der Waals surface area contributed by atoms with Crippen molar-refractivity contribution in [1.29, 1.82) is 0 Å². The zero-order valence-electron chi connectivity index (χ0n) is 17.0. The Morgan fingerprint density at radius 1 is 1.00 bits per heavy atom. The quantitative estimate of drug-likeness (QED) is 0.301. The number of ether oxygens (including phenoxy) is 3. The summed E-state index contributed by atoms with van der Waals surface area (Å²) in [5, 5.41) is 0. The highest BCUT2D eigenvalue weighted by atomic mass is 16.6. The van der Waals surface area contributed by atoms with Gasteiger partial charge in [0.05, 0.1) is 6.61 Å². The summed E-state index contributed by atoms with van der Waals surface area (Å²) < 4.78 is 16.7. The summed E-state index contributed by atoms with van der Waals surface area (Å²) in [5.41, 5.74) is 1.14. The third kappa shape index (κ3) is 7.54. The molecule has 29 heavy (non-hydrogen) atoms. The van der Waals surface area contributed by atoms with Crippen LogP contribution in [-0.4, -0.2) is 37.7 Å². The van der Waals surface area contributed by atoms with Crippen molar-refractivity contribution in [3.63, 3.8) is 0 Å². The van der Waals surface area contributed by atoms with E-state index in [4.69, 9.17) is 14.2 Å². The Bertz CT molecular complexity index is 800. The van der Waals surface area contributed by atoms with Crippen molar-refractivity contribution < 1.29 is 23.8 Å². The average Bonchev–Trinajstić information content (AvgIpc) is 2.77. The molecule has 2 aromatic carbocycles. The van der Waals surface area contributed by atoms with Crippen LogP contribution in [0.1, 0.15) is 36.2 Å². The first kappa shape index (κ1) is 22.4. The summed E-state index contributed by atoms with van der Waals surface area (Å²) in [6.45, 7) is 8.53. The first-order valence-electron chi connectivity index (χ1n) is 9.76. The number of ketones is 1. The van der Waals surface area contributed by atoms with Crippen molar-refractivity contribution >= 4 is 11.8 Å². The van der Waals surface area contributed by atoms with Crippen LogP contribution in [0.5, 0.6) is 5.75 Å². The fourth-order valence-electron chi connectivity index (χ4n) is 2.52. The second-order valence-electron chi connectivity index (χ2n) is 6.85. The van der Waals surface area contributed by atoms with Crippen LogP contribution in [0, 0.1) is 5.92 Å². The first-order chi connectivity index (χ1) is 14.0. The number of carbonyl (C=O) groups is 2. The van der Waals surface area contributed by atoms with Crippen LogP contribution in [0.15, 0.2) is 67.3 Å². The van der Waals surface area contributed by atoms with Crippen molar-refractivity contribution in [2.24, 2.45) is 5.92 Å². The zero-order valence-corrected chi connectivity index (χ0v) is 17.0. The van der Waals surface area contributed by atoms with Gasteiger partial charge < -0.3 is 14.2 Å². The minimum atomic E-state index is -0.571. The molecule has 0 radical (unpaired) electrons. The van der Waals surface area contributed by atoms with Gasteiger partial charge in [0.15, 0.2) is 11.9 Å². The first-order valence-corrected chi connectivity index (χ1v) is 9.76. The number of hydrogen-bond acceptors (Lipinski definition) is 5. The molecule has 5 nitrogen and oxygen atoms in total. The lowest BCUT2D eigenvalue weighted by Gasteiger charge is -2.19. The Hall–Kier alpha value is -2.92. The Labute approximate surface area is 172 Å². The maximum atomic E-state index is 12.6. The standard InChI is InChI=1S/C24H28O5/c1-4-18(3)15-27-16-22(29-23(25)5-2)17-28-21-13-9-12-20(14-21)24(26)19-10-7-6-8-11-19/h5-14,18,22H,2,4,15-17H2,1,3H3. The van der Waals surface area contributed by atoms with Crippen molar-refractivity contribution in [3.8, 4) is 5.75 Å². The fourth-order valence-corrected chi connectivity index (χ4v) is 2.52. The Morgan fingerprint density at radius 3 is 2.41 bits per heavy atom. The predicted octanol–water partition coefficient (Wildman–Crippen LogP) is 4.46. The van der Waals surface area contributed by atoms with Crippen LogP contribution in [0.3, 0.4) is 0 Å². The lowest BCUT2D eigenvalue weighted by atomic mass is 10.0.